The third-order valence-electron chi connectivity index (χ3n) is 3.39. The number of carbonyl (C=O) groups is 1. The fourth-order valence-electron chi connectivity index (χ4n) is 2.32. The molecule has 3 heteroatoms. The molecule has 1 atom stereocenters. The second kappa shape index (κ2) is 5.50. The lowest BCUT2D eigenvalue weighted by molar-refractivity contribution is -0.160. The lowest BCUT2D eigenvalue weighted by atomic mass is 9.86. The van der Waals surface area contributed by atoms with E-state index in [1.54, 1.807) is 0 Å². The molecule has 1 aliphatic rings. The Kier molecular flexibility index (Phi) is 4.58. The molecule has 15 heavy (non-hydrogen) atoms. The van der Waals surface area contributed by atoms with Gasteiger partial charge in [-0.05, 0) is 26.2 Å². The second-order valence-electron chi connectivity index (χ2n) is 4.70. The van der Waals surface area contributed by atoms with Crippen molar-refractivity contribution in [3.63, 3.8) is 0 Å². The molecule has 1 rings (SSSR count). The van der Waals surface area contributed by atoms with E-state index in [4.69, 9.17) is 10.5 Å². The largest absolute Gasteiger partial charge is 0.462 e. The Morgan fingerprint density at radius 2 is 2.07 bits per heavy atom. The molecular weight excluding hydrogens is 190 g/mol. The van der Waals surface area contributed by atoms with E-state index in [9.17, 15) is 4.79 Å². The van der Waals surface area contributed by atoms with Crippen LogP contribution >= 0.6 is 0 Å². The molecule has 3 nitrogen and oxygen atoms in total. The first kappa shape index (κ1) is 12.5. The van der Waals surface area contributed by atoms with E-state index >= 15 is 0 Å². The van der Waals surface area contributed by atoms with Crippen LogP contribution in [0.25, 0.3) is 0 Å². The summed E-state index contributed by atoms with van der Waals surface area (Å²) in [6.07, 6.45) is 6.04. The molecule has 0 spiro atoms. The van der Waals surface area contributed by atoms with Crippen molar-refractivity contribution in [3.8, 4) is 0 Å². The highest BCUT2D eigenvalue weighted by atomic mass is 16.5. The van der Waals surface area contributed by atoms with E-state index in [1.807, 2.05) is 6.92 Å². The lowest BCUT2D eigenvalue weighted by Crippen LogP contribution is -2.39. The van der Waals surface area contributed by atoms with Crippen molar-refractivity contribution in [2.75, 3.05) is 6.54 Å². The number of hydrogen-bond acceptors (Lipinski definition) is 3. The number of nitrogens with two attached hydrogens (primary N) is 1. The normalized spacial score (nSPS) is 21.3. The van der Waals surface area contributed by atoms with Gasteiger partial charge in [0.15, 0.2) is 0 Å². The van der Waals surface area contributed by atoms with Gasteiger partial charge >= 0.3 is 5.97 Å². The smallest absolute Gasteiger partial charge is 0.313 e. The van der Waals surface area contributed by atoms with Gasteiger partial charge < -0.3 is 10.5 Å². The van der Waals surface area contributed by atoms with Gasteiger partial charge in [-0.1, -0.05) is 26.2 Å². The molecule has 0 radical (unpaired) electrons. The molecule has 1 saturated carbocycles. The summed E-state index contributed by atoms with van der Waals surface area (Å²) < 4.78 is 5.45. The van der Waals surface area contributed by atoms with E-state index in [2.05, 4.69) is 6.92 Å². The third-order valence-corrected chi connectivity index (χ3v) is 3.39. The standard InChI is InChI=1S/C12H23NO2/c1-3-6-10(2)15-11(14)12(9-13)7-4-5-8-12/h10H,3-9,13H2,1-2H3. The summed E-state index contributed by atoms with van der Waals surface area (Å²) in [7, 11) is 0. The maximum atomic E-state index is 12.0. The SMILES string of the molecule is CCCC(C)OC(=O)C1(CN)CCCC1. The van der Waals surface area contributed by atoms with Gasteiger partial charge in [-0.2, -0.15) is 0 Å². The summed E-state index contributed by atoms with van der Waals surface area (Å²) in [6.45, 7) is 4.49. The average Bonchev–Trinajstić information content (AvgIpc) is 2.67. The van der Waals surface area contributed by atoms with Crippen LogP contribution in [-0.4, -0.2) is 18.6 Å². The molecule has 1 fully saturated rings. The van der Waals surface area contributed by atoms with Crippen LogP contribution in [0, 0.1) is 5.41 Å². The van der Waals surface area contributed by atoms with Gasteiger partial charge in [-0.15, -0.1) is 0 Å². The van der Waals surface area contributed by atoms with E-state index in [-0.39, 0.29) is 17.5 Å². The number of esters is 1. The molecule has 0 aromatic rings. The van der Waals surface area contributed by atoms with Crippen LogP contribution in [-0.2, 0) is 9.53 Å². The Labute approximate surface area is 92.4 Å². The minimum Gasteiger partial charge on any atom is -0.462 e. The quantitative estimate of drug-likeness (QED) is 0.712. The number of hydrogen-bond donors (Lipinski definition) is 1. The molecule has 0 aromatic heterocycles. The number of carbonyl (C=O) groups excluding carboxylic acids is 1. The van der Waals surface area contributed by atoms with Crippen LogP contribution in [0.5, 0.6) is 0 Å². The molecule has 88 valence electrons. The van der Waals surface area contributed by atoms with E-state index in [1.165, 1.54) is 0 Å². The predicted molar refractivity (Wildman–Crippen MR) is 60.4 cm³/mol. The Morgan fingerprint density at radius 1 is 1.47 bits per heavy atom. The fourth-order valence-corrected chi connectivity index (χ4v) is 2.32. The maximum absolute atomic E-state index is 12.0. The number of ether oxygens (including phenoxy) is 1. The fraction of sp³-hybridized carbons (Fsp3) is 0.917. The maximum Gasteiger partial charge on any atom is 0.313 e. The van der Waals surface area contributed by atoms with E-state index in [0.29, 0.717) is 6.54 Å². The molecule has 0 bridgehead atoms. The van der Waals surface area contributed by atoms with Crippen molar-refractivity contribution in [1.82, 2.24) is 0 Å². The van der Waals surface area contributed by atoms with Gasteiger partial charge in [0.25, 0.3) is 0 Å². The minimum atomic E-state index is -0.359. The topological polar surface area (TPSA) is 52.3 Å². The molecule has 1 aliphatic carbocycles. The summed E-state index contributed by atoms with van der Waals surface area (Å²) in [6, 6.07) is 0. The van der Waals surface area contributed by atoms with Gasteiger partial charge in [0.2, 0.25) is 0 Å². The van der Waals surface area contributed by atoms with Crippen LogP contribution in [0.3, 0.4) is 0 Å². The van der Waals surface area contributed by atoms with Gasteiger partial charge in [0.05, 0.1) is 11.5 Å². The Morgan fingerprint density at radius 3 is 2.53 bits per heavy atom. The zero-order valence-electron chi connectivity index (χ0n) is 9.92. The predicted octanol–water partition coefficient (Wildman–Crippen LogP) is 2.24. The second-order valence-corrected chi connectivity index (χ2v) is 4.70. The average molecular weight is 213 g/mol. The molecule has 1 unspecified atom stereocenters. The summed E-state index contributed by atoms with van der Waals surface area (Å²) >= 11 is 0. The molecule has 0 amide bonds. The van der Waals surface area contributed by atoms with Crippen LogP contribution in [0.2, 0.25) is 0 Å². The van der Waals surface area contributed by atoms with Crippen molar-refractivity contribution in [2.24, 2.45) is 11.1 Å². The number of rotatable bonds is 5. The first-order valence-electron chi connectivity index (χ1n) is 6.06. The highest BCUT2D eigenvalue weighted by molar-refractivity contribution is 5.77. The van der Waals surface area contributed by atoms with Crippen LogP contribution in [0.15, 0.2) is 0 Å². The summed E-state index contributed by atoms with van der Waals surface area (Å²) in [4.78, 5) is 12.0. The molecular formula is C12H23NO2. The van der Waals surface area contributed by atoms with Crippen molar-refractivity contribution in [2.45, 2.75) is 58.5 Å². The highest BCUT2D eigenvalue weighted by Crippen LogP contribution is 2.38. The Balaban J connectivity index is 2.50. The molecule has 0 aliphatic heterocycles. The summed E-state index contributed by atoms with van der Waals surface area (Å²) in [5.74, 6) is -0.0662. The zero-order chi connectivity index (χ0) is 11.3. The van der Waals surface area contributed by atoms with Gasteiger partial charge in [-0.3, -0.25) is 4.79 Å². The lowest BCUT2D eigenvalue weighted by Gasteiger charge is -2.26. The summed E-state index contributed by atoms with van der Waals surface area (Å²) in [5.41, 5.74) is 5.36. The zero-order valence-corrected chi connectivity index (χ0v) is 9.92. The first-order valence-corrected chi connectivity index (χ1v) is 6.06. The first-order chi connectivity index (χ1) is 7.14. The highest BCUT2D eigenvalue weighted by Gasteiger charge is 2.41. The van der Waals surface area contributed by atoms with Crippen LogP contribution < -0.4 is 5.73 Å². The van der Waals surface area contributed by atoms with E-state index < -0.39 is 0 Å². The molecule has 0 aromatic carbocycles. The van der Waals surface area contributed by atoms with Gasteiger partial charge in [0, 0.05) is 6.54 Å². The molecule has 0 heterocycles. The van der Waals surface area contributed by atoms with Crippen LogP contribution in [0.4, 0.5) is 0 Å². The molecule has 0 saturated heterocycles. The van der Waals surface area contributed by atoms with Gasteiger partial charge in [-0.25, -0.2) is 0 Å². The Bertz CT molecular complexity index is 210. The van der Waals surface area contributed by atoms with E-state index in [0.717, 1.165) is 38.5 Å². The van der Waals surface area contributed by atoms with Crippen LogP contribution in [0.1, 0.15) is 52.4 Å². The van der Waals surface area contributed by atoms with Crippen molar-refractivity contribution < 1.29 is 9.53 Å². The van der Waals surface area contributed by atoms with Crippen molar-refractivity contribution >= 4 is 5.97 Å². The van der Waals surface area contributed by atoms with Crippen molar-refractivity contribution in [1.29, 1.82) is 0 Å². The van der Waals surface area contributed by atoms with Crippen molar-refractivity contribution in [3.05, 3.63) is 0 Å². The monoisotopic (exact) mass is 213 g/mol. The summed E-state index contributed by atoms with van der Waals surface area (Å²) in [5, 5.41) is 0. The minimum absolute atomic E-state index is 0.0338. The Hall–Kier alpha value is -0.570. The molecule has 2 N–H and O–H groups in total. The van der Waals surface area contributed by atoms with Gasteiger partial charge in [0.1, 0.15) is 0 Å². The third kappa shape index (κ3) is 2.94.